The van der Waals surface area contributed by atoms with Crippen LogP contribution in [-0.2, 0) is 0 Å². The molecule has 5 nitrogen and oxygen atoms in total. The third kappa shape index (κ3) is 1.75. The first kappa shape index (κ1) is 11.5. The maximum absolute atomic E-state index is 10.8. The van der Waals surface area contributed by atoms with E-state index in [1.807, 2.05) is 19.1 Å². The number of aryl methyl sites for hydroxylation is 1. The van der Waals surface area contributed by atoms with Crippen LogP contribution in [0.1, 0.15) is 12.0 Å². The molecular formula is C13H17N3O2. The molecule has 2 saturated heterocycles. The van der Waals surface area contributed by atoms with Crippen molar-refractivity contribution in [2.24, 2.45) is 5.92 Å². The van der Waals surface area contributed by atoms with Gasteiger partial charge < -0.3 is 10.2 Å². The Morgan fingerprint density at radius 2 is 2.28 bits per heavy atom. The van der Waals surface area contributed by atoms with E-state index in [0.29, 0.717) is 6.04 Å². The Bertz CT molecular complexity index is 489. The molecule has 96 valence electrons. The SMILES string of the molecule is Cc1cc(N2CC[C@H]3CNC[C@H]32)ccc1[N+](=O)[O-]. The predicted octanol–water partition coefficient (Wildman–Crippen LogP) is 1.70. The normalized spacial score (nSPS) is 26.4. The van der Waals surface area contributed by atoms with E-state index in [-0.39, 0.29) is 10.6 Å². The van der Waals surface area contributed by atoms with Crippen LogP contribution in [0.2, 0.25) is 0 Å². The van der Waals surface area contributed by atoms with Gasteiger partial charge in [0.25, 0.3) is 5.69 Å². The van der Waals surface area contributed by atoms with E-state index in [1.165, 1.54) is 6.42 Å². The van der Waals surface area contributed by atoms with Crippen molar-refractivity contribution in [2.75, 3.05) is 24.5 Å². The summed E-state index contributed by atoms with van der Waals surface area (Å²) >= 11 is 0. The molecule has 2 atom stereocenters. The molecule has 0 bridgehead atoms. The van der Waals surface area contributed by atoms with Gasteiger partial charge in [0.15, 0.2) is 0 Å². The number of fused-ring (bicyclic) bond motifs is 1. The van der Waals surface area contributed by atoms with Crippen LogP contribution in [-0.4, -0.2) is 30.6 Å². The average Bonchev–Trinajstić information content (AvgIpc) is 2.89. The average molecular weight is 247 g/mol. The van der Waals surface area contributed by atoms with Gasteiger partial charge in [0.2, 0.25) is 0 Å². The van der Waals surface area contributed by atoms with Crippen molar-refractivity contribution in [2.45, 2.75) is 19.4 Å². The molecule has 18 heavy (non-hydrogen) atoms. The van der Waals surface area contributed by atoms with Crippen LogP contribution in [0.3, 0.4) is 0 Å². The Morgan fingerprint density at radius 3 is 3.00 bits per heavy atom. The Balaban J connectivity index is 1.89. The van der Waals surface area contributed by atoms with Crippen molar-refractivity contribution < 1.29 is 4.92 Å². The van der Waals surface area contributed by atoms with Crippen molar-refractivity contribution in [1.29, 1.82) is 0 Å². The second kappa shape index (κ2) is 4.24. The molecule has 5 heteroatoms. The summed E-state index contributed by atoms with van der Waals surface area (Å²) in [5.41, 5.74) is 2.07. The van der Waals surface area contributed by atoms with E-state index in [9.17, 15) is 10.1 Å². The summed E-state index contributed by atoms with van der Waals surface area (Å²) in [4.78, 5) is 12.9. The lowest BCUT2D eigenvalue weighted by molar-refractivity contribution is -0.385. The Morgan fingerprint density at radius 1 is 1.44 bits per heavy atom. The highest BCUT2D eigenvalue weighted by molar-refractivity contribution is 5.56. The minimum absolute atomic E-state index is 0.207. The van der Waals surface area contributed by atoms with E-state index in [1.54, 1.807) is 6.07 Å². The number of anilines is 1. The quantitative estimate of drug-likeness (QED) is 0.638. The van der Waals surface area contributed by atoms with Crippen LogP contribution < -0.4 is 10.2 Å². The molecule has 2 aliphatic heterocycles. The number of nitro groups is 1. The molecule has 0 aromatic heterocycles. The lowest BCUT2D eigenvalue weighted by atomic mass is 10.0. The lowest BCUT2D eigenvalue weighted by Gasteiger charge is -2.25. The minimum atomic E-state index is -0.316. The van der Waals surface area contributed by atoms with Gasteiger partial charge in [-0.2, -0.15) is 0 Å². The third-order valence-corrected chi connectivity index (χ3v) is 4.15. The van der Waals surface area contributed by atoms with Crippen LogP contribution >= 0.6 is 0 Å². The number of benzene rings is 1. The van der Waals surface area contributed by atoms with Crippen molar-refractivity contribution in [3.63, 3.8) is 0 Å². The minimum Gasteiger partial charge on any atom is -0.367 e. The van der Waals surface area contributed by atoms with Crippen molar-refractivity contribution in [3.05, 3.63) is 33.9 Å². The maximum atomic E-state index is 10.8. The van der Waals surface area contributed by atoms with Gasteiger partial charge in [0.05, 0.1) is 4.92 Å². The molecule has 3 rings (SSSR count). The Labute approximate surface area is 106 Å². The summed E-state index contributed by atoms with van der Waals surface area (Å²) < 4.78 is 0. The monoisotopic (exact) mass is 247 g/mol. The highest BCUT2D eigenvalue weighted by Crippen LogP contribution is 2.33. The number of hydrogen-bond acceptors (Lipinski definition) is 4. The predicted molar refractivity (Wildman–Crippen MR) is 69.9 cm³/mol. The van der Waals surface area contributed by atoms with E-state index in [0.717, 1.165) is 36.8 Å². The van der Waals surface area contributed by atoms with Crippen LogP contribution in [0.15, 0.2) is 18.2 Å². The fraction of sp³-hybridized carbons (Fsp3) is 0.538. The summed E-state index contributed by atoms with van der Waals surface area (Å²) in [5, 5.41) is 14.2. The largest absolute Gasteiger partial charge is 0.367 e. The van der Waals surface area contributed by atoms with E-state index in [2.05, 4.69) is 10.2 Å². The molecule has 1 aromatic carbocycles. The standard InChI is InChI=1S/C13H17N3O2/c1-9-6-11(2-3-12(9)16(17)18)15-5-4-10-7-14-8-13(10)15/h2-3,6,10,13-14H,4-5,7-8H2,1H3/t10-,13+/m0/s1. The smallest absolute Gasteiger partial charge is 0.272 e. The topological polar surface area (TPSA) is 58.4 Å². The van der Waals surface area contributed by atoms with E-state index < -0.39 is 0 Å². The summed E-state index contributed by atoms with van der Waals surface area (Å²) in [6.07, 6.45) is 1.22. The van der Waals surface area contributed by atoms with Gasteiger partial charge in [-0.25, -0.2) is 0 Å². The van der Waals surface area contributed by atoms with Crippen molar-refractivity contribution in [1.82, 2.24) is 5.32 Å². The Kier molecular flexibility index (Phi) is 2.70. The summed E-state index contributed by atoms with van der Waals surface area (Å²) in [7, 11) is 0. The van der Waals surface area contributed by atoms with Gasteiger partial charge >= 0.3 is 0 Å². The van der Waals surface area contributed by atoms with Gasteiger partial charge in [-0.3, -0.25) is 10.1 Å². The molecule has 0 saturated carbocycles. The number of hydrogen-bond donors (Lipinski definition) is 1. The van der Waals surface area contributed by atoms with Crippen LogP contribution in [0.25, 0.3) is 0 Å². The first-order valence-electron chi connectivity index (χ1n) is 6.39. The van der Waals surface area contributed by atoms with Gasteiger partial charge in [-0.15, -0.1) is 0 Å². The second-order valence-electron chi connectivity index (χ2n) is 5.20. The zero-order chi connectivity index (χ0) is 12.7. The first-order chi connectivity index (χ1) is 8.66. The summed E-state index contributed by atoms with van der Waals surface area (Å²) in [6, 6.07) is 6.01. The highest BCUT2D eigenvalue weighted by atomic mass is 16.6. The fourth-order valence-electron chi connectivity index (χ4n) is 3.19. The molecule has 1 aromatic rings. The number of nitrogens with zero attached hydrogens (tertiary/aromatic N) is 2. The molecule has 0 unspecified atom stereocenters. The number of nitrogens with one attached hydrogen (secondary N) is 1. The molecule has 2 aliphatic rings. The molecule has 0 aliphatic carbocycles. The molecule has 0 radical (unpaired) electrons. The summed E-state index contributed by atoms with van der Waals surface area (Å²) in [5.74, 6) is 0.737. The zero-order valence-corrected chi connectivity index (χ0v) is 10.4. The molecular weight excluding hydrogens is 230 g/mol. The fourth-order valence-corrected chi connectivity index (χ4v) is 3.19. The van der Waals surface area contributed by atoms with Crippen LogP contribution in [0.5, 0.6) is 0 Å². The molecule has 0 spiro atoms. The number of rotatable bonds is 2. The van der Waals surface area contributed by atoms with Crippen molar-refractivity contribution in [3.8, 4) is 0 Å². The van der Waals surface area contributed by atoms with E-state index >= 15 is 0 Å². The molecule has 0 amide bonds. The second-order valence-corrected chi connectivity index (χ2v) is 5.20. The maximum Gasteiger partial charge on any atom is 0.272 e. The van der Waals surface area contributed by atoms with E-state index in [4.69, 9.17) is 0 Å². The van der Waals surface area contributed by atoms with Crippen molar-refractivity contribution >= 4 is 11.4 Å². The Hall–Kier alpha value is -1.62. The molecule has 2 heterocycles. The molecule has 1 N–H and O–H groups in total. The first-order valence-corrected chi connectivity index (χ1v) is 6.39. The summed E-state index contributed by atoms with van der Waals surface area (Å²) in [6.45, 7) is 5.00. The highest BCUT2D eigenvalue weighted by Gasteiger charge is 2.37. The zero-order valence-electron chi connectivity index (χ0n) is 10.4. The van der Waals surface area contributed by atoms with Gasteiger partial charge in [-0.1, -0.05) is 0 Å². The molecule has 2 fully saturated rings. The van der Waals surface area contributed by atoms with Gasteiger partial charge in [-0.05, 0) is 31.4 Å². The van der Waals surface area contributed by atoms with Gasteiger partial charge in [0.1, 0.15) is 0 Å². The number of nitro benzene ring substituents is 1. The van der Waals surface area contributed by atoms with Gasteiger partial charge in [0, 0.05) is 43.0 Å². The van der Waals surface area contributed by atoms with Crippen LogP contribution in [0, 0.1) is 23.0 Å². The third-order valence-electron chi connectivity index (χ3n) is 4.15. The van der Waals surface area contributed by atoms with Crippen LogP contribution in [0.4, 0.5) is 11.4 Å². The lowest BCUT2D eigenvalue weighted by Crippen LogP contribution is -2.34.